The molecule has 2 heterocycles. The fourth-order valence-electron chi connectivity index (χ4n) is 3.60. The third-order valence-corrected chi connectivity index (χ3v) is 4.83. The molecule has 1 aromatic carbocycles. The van der Waals surface area contributed by atoms with Gasteiger partial charge >= 0.3 is 0 Å². The number of carbonyl (C=O) groups is 1. The van der Waals surface area contributed by atoms with Gasteiger partial charge in [0.05, 0.1) is 0 Å². The van der Waals surface area contributed by atoms with Crippen LogP contribution in [0.5, 0.6) is 0 Å². The van der Waals surface area contributed by atoms with Crippen LogP contribution in [0.3, 0.4) is 0 Å². The van der Waals surface area contributed by atoms with Gasteiger partial charge in [0.15, 0.2) is 0 Å². The van der Waals surface area contributed by atoms with Gasteiger partial charge in [-0.05, 0) is 37.6 Å². The molecule has 1 aromatic rings. The van der Waals surface area contributed by atoms with Gasteiger partial charge in [0.25, 0.3) is 0 Å². The van der Waals surface area contributed by atoms with Crippen molar-refractivity contribution in [2.45, 2.75) is 31.7 Å². The number of nitrogens with zero attached hydrogens (tertiary/aromatic N) is 1. The molecule has 1 amide bonds. The highest BCUT2D eigenvalue weighted by molar-refractivity contribution is 5.78. The summed E-state index contributed by atoms with van der Waals surface area (Å²) < 4.78 is 0. The Hall–Kier alpha value is -1.55. The number of anilines is 1. The molecule has 2 aliphatic heterocycles. The van der Waals surface area contributed by atoms with Crippen LogP contribution in [-0.2, 0) is 4.79 Å². The Morgan fingerprint density at radius 1 is 1.43 bits per heavy atom. The van der Waals surface area contributed by atoms with E-state index in [1.54, 1.807) is 0 Å². The lowest BCUT2D eigenvalue weighted by Gasteiger charge is -2.35. The van der Waals surface area contributed by atoms with E-state index < -0.39 is 0 Å². The molecule has 0 spiro atoms. The van der Waals surface area contributed by atoms with E-state index in [0.717, 1.165) is 26.1 Å². The Balaban J connectivity index is 1.56. The predicted octanol–water partition coefficient (Wildman–Crippen LogP) is 2.04. The lowest BCUT2D eigenvalue weighted by atomic mass is 9.93. The number of rotatable bonds is 3. The van der Waals surface area contributed by atoms with Gasteiger partial charge in [-0.1, -0.05) is 25.1 Å². The van der Waals surface area contributed by atoms with Crippen LogP contribution >= 0.6 is 0 Å². The molecule has 4 nitrogen and oxygen atoms in total. The molecule has 3 unspecified atom stereocenters. The number of fused-ring (bicyclic) bond motifs is 1. The van der Waals surface area contributed by atoms with Gasteiger partial charge in [-0.2, -0.15) is 0 Å². The number of piperidine rings is 1. The van der Waals surface area contributed by atoms with E-state index in [-0.39, 0.29) is 5.91 Å². The molecular formula is C17H25N3O. The monoisotopic (exact) mass is 287 g/mol. The van der Waals surface area contributed by atoms with E-state index in [9.17, 15) is 4.79 Å². The third-order valence-electron chi connectivity index (χ3n) is 4.83. The van der Waals surface area contributed by atoms with Crippen molar-refractivity contribution in [3.63, 3.8) is 0 Å². The molecular weight excluding hydrogens is 262 g/mol. The van der Waals surface area contributed by atoms with Crippen LogP contribution in [0, 0.1) is 5.92 Å². The number of para-hydroxylation sites is 1. The van der Waals surface area contributed by atoms with Gasteiger partial charge in [0.2, 0.25) is 5.91 Å². The van der Waals surface area contributed by atoms with Crippen LogP contribution in [0.25, 0.3) is 0 Å². The van der Waals surface area contributed by atoms with Crippen LogP contribution in [0.1, 0.15) is 31.2 Å². The molecule has 4 heteroatoms. The SMILES string of the molecule is CC1CN(C)CCC1NC(=O)CC1CNc2ccccc21. The second-order valence-electron chi connectivity index (χ2n) is 6.57. The zero-order valence-electron chi connectivity index (χ0n) is 12.9. The number of benzene rings is 1. The van der Waals surface area contributed by atoms with E-state index in [2.05, 4.69) is 47.7 Å². The summed E-state index contributed by atoms with van der Waals surface area (Å²) in [6, 6.07) is 8.64. The maximum absolute atomic E-state index is 12.4. The summed E-state index contributed by atoms with van der Waals surface area (Å²) in [5.41, 5.74) is 2.46. The molecule has 1 saturated heterocycles. The topological polar surface area (TPSA) is 44.4 Å². The minimum Gasteiger partial charge on any atom is -0.384 e. The van der Waals surface area contributed by atoms with Gasteiger partial charge in [-0.25, -0.2) is 0 Å². The van der Waals surface area contributed by atoms with Gasteiger partial charge in [-0.15, -0.1) is 0 Å². The zero-order chi connectivity index (χ0) is 14.8. The van der Waals surface area contributed by atoms with Gasteiger partial charge in [-0.3, -0.25) is 4.79 Å². The van der Waals surface area contributed by atoms with Gasteiger partial charge in [0.1, 0.15) is 0 Å². The normalized spacial score (nSPS) is 28.8. The van der Waals surface area contributed by atoms with Crippen LogP contribution < -0.4 is 10.6 Å². The van der Waals surface area contributed by atoms with Crippen molar-refractivity contribution in [2.24, 2.45) is 5.92 Å². The minimum absolute atomic E-state index is 0.194. The number of hydrogen-bond acceptors (Lipinski definition) is 3. The molecule has 1 fully saturated rings. The maximum atomic E-state index is 12.4. The van der Waals surface area contributed by atoms with Crippen LogP contribution in [0.2, 0.25) is 0 Å². The number of amides is 1. The molecule has 3 rings (SSSR count). The summed E-state index contributed by atoms with van der Waals surface area (Å²) in [6.07, 6.45) is 1.64. The fourth-order valence-corrected chi connectivity index (χ4v) is 3.60. The molecule has 0 radical (unpaired) electrons. The maximum Gasteiger partial charge on any atom is 0.220 e. The van der Waals surface area contributed by atoms with Crippen molar-refractivity contribution in [3.8, 4) is 0 Å². The zero-order valence-corrected chi connectivity index (χ0v) is 12.9. The smallest absolute Gasteiger partial charge is 0.220 e. The van der Waals surface area contributed by atoms with Crippen LogP contribution in [0.4, 0.5) is 5.69 Å². The summed E-state index contributed by atoms with van der Waals surface area (Å²) in [7, 11) is 2.15. The number of likely N-dealkylation sites (tertiary alicyclic amines) is 1. The van der Waals surface area contributed by atoms with E-state index in [1.165, 1.54) is 11.3 Å². The quantitative estimate of drug-likeness (QED) is 0.894. The first-order valence-electron chi connectivity index (χ1n) is 7.94. The molecule has 0 bridgehead atoms. The Kier molecular flexibility index (Phi) is 4.15. The highest BCUT2D eigenvalue weighted by Gasteiger charge is 2.28. The van der Waals surface area contributed by atoms with Crippen molar-refractivity contribution in [1.82, 2.24) is 10.2 Å². The fraction of sp³-hybridized carbons (Fsp3) is 0.588. The molecule has 2 N–H and O–H groups in total. The van der Waals surface area contributed by atoms with Gasteiger partial charge < -0.3 is 15.5 Å². The van der Waals surface area contributed by atoms with E-state index in [1.807, 2.05) is 6.07 Å². The van der Waals surface area contributed by atoms with Crippen LogP contribution in [-0.4, -0.2) is 43.5 Å². The van der Waals surface area contributed by atoms with E-state index in [4.69, 9.17) is 0 Å². The largest absolute Gasteiger partial charge is 0.384 e. The second-order valence-corrected chi connectivity index (χ2v) is 6.57. The summed E-state index contributed by atoms with van der Waals surface area (Å²) in [4.78, 5) is 14.7. The molecule has 2 aliphatic rings. The standard InChI is InChI=1S/C17H25N3O/c1-12-11-20(2)8-7-15(12)19-17(21)9-13-10-18-16-6-4-3-5-14(13)16/h3-6,12-13,15,18H,7-11H2,1-2H3,(H,19,21). The van der Waals surface area contributed by atoms with Crippen molar-refractivity contribution < 1.29 is 4.79 Å². The summed E-state index contributed by atoms with van der Waals surface area (Å²) in [5.74, 6) is 1.03. The lowest BCUT2D eigenvalue weighted by Crippen LogP contribution is -2.49. The predicted molar refractivity (Wildman–Crippen MR) is 85.5 cm³/mol. The summed E-state index contributed by atoms with van der Waals surface area (Å²) >= 11 is 0. The highest BCUT2D eigenvalue weighted by atomic mass is 16.1. The van der Waals surface area contributed by atoms with Gasteiger partial charge in [0, 0.05) is 37.2 Å². The Labute approximate surface area is 126 Å². The lowest BCUT2D eigenvalue weighted by molar-refractivity contribution is -0.122. The minimum atomic E-state index is 0.194. The molecule has 3 atom stereocenters. The average molecular weight is 287 g/mol. The number of carbonyl (C=O) groups excluding carboxylic acids is 1. The Bertz CT molecular complexity index is 517. The first-order valence-corrected chi connectivity index (χ1v) is 7.94. The summed E-state index contributed by atoms with van der Waals surface area (Å²) in [6.45, 7) is 5.24. The molecule has 0 aliphatic carbocycles. The second kappa shape index (κ2) is 6.06. The Morgan fingerprint density at radius 3 is 3.05 bits per heavy atom. The van der Waals surface area contributed by atoms with Crippen molar-refractivity contribution in [3.05, 3.63) is 29.8 Å². The average Bonchev–Trinajstić information content (AvgIpc) is 2.85. The number of nitrogens with one attached hydrogen (secondary N) is 2. The summed E-state index contributed by atoms with van der Waals surface area (Å²) in [5, 5.41) is 6.64. The highest BCUT2D eigenvalue weighted by Crippen LogP contribution is 2.33. The Morgan fingerprint density at radius 2 is 2.24 bits per heavy atom. The first kappa shape index (κ1) is 14.4. The molecule has 0 aromatic heterocycles. The van der Waals surface area contributed by atoms with Crippen molar-refractivity contribution in [1.29, 1.82) is 0 Å². The van der Waals surface area contributed by atoms with E-state index >= 15 is 0 Å². The van der Waals surface area contributed by atoms with Crippen molar-refractivity contribution in [2.75, 3.05) is 32.0 Å². The molecule has 21 heavy (non-hydrogen) atoms. The molecule has 0 saturated carbocycles. The molecule has 114 valence electrons. The number of hydrogen-bond donors (Lipinski definition) is 2. The van der Waals surface area contributed by atoms with E-state index in [0.29, 0.717) is 24.3 Å². The first-order chi connectivity index (χ1) is 10.1. The van der Waals surface area contributed by atoms with Crippen LogP contribution in [0.15, 0.2) is 24.3 Å². The van der Waals surface area contributed by atoms with Crippen molar-refractivity contribution >= 4 is 11.6 Å². The third kappa shape index (κ3) is 3.21.